The molecule has 9 aromatic rings. The van der Waals surface area contributed by atoms with E-state index in [2.05, 4.69) is 140 Å². The normalized spacial score (nSPS) is 16.8. The van der Waals surface area contributed by atoms with E-state index in [1.165, 1.54) is 11.1 Å². The largest absolute Gasteiger partial charge is 0.381 e. The van der Waals surface area contributed by atoms with Gasteiger partial charge in [-0.3, -0.25) is 48.5 Å². The number of anilines is 3. The lowest BCUT2D eigenvalue weighted by Gasteiger charge is -2.38. The van der Waals surface area contributed by atoms with Gasteiger partial charge in [-0.15, -0.1) is 0 Å². The molecule has 0 aliphatic carbocycles. The summed E-state index contributed by atoms with van der Waals surface area (Å²) >= 11 is 0. The standard InChI is InChI=1S/C102H130N14O11/c1-9-114(84-26-40-123-41-27-84)94-56-80(76-21-16-74(17-22-76)64-112-36-46-126-47-37-112)53-87(70(94)6)98(118)106-61-91-79(52-69(5)109-101(91)121)13-11-33-116(86-30-44-125-45-31-86)96-58-82(93-23-18-75(59-104-93)65-113-38-48-127-49-39-113)55-89(72(96)8)99(119)107-62-92-78(51-68(4)110-102(92)122)12-10-32-115(85-28-42-124-43-29-85)95-57-81(77-19-14-73(15-20-77)63-111-34-24-83(103)25-35-111)54-88(71(95)7)97(117)105-60-90-66(2)50-67(3)108-100(90)120/h14-23,50-59,83-86H,9-13,24-49,60-65,103H2,1-8H3,(H,105,117)(H,106,118)(H,107,119)(H,108,120)(H,109,121)(H,110,122). The number of nitrogens with zero attached hydrogens (tertiary/aromatic N) is 7. The highest BCUT2D eigenvalue weighted by molar-refractivity contribution is 6.01. The van der Waals surface area contributed by atoms with Crippen molar-refractivity contribution in [2.24, 2.45) is 5.73 Å². The van der Waals surface area contributed by atoms with Crippen LogP contribution in [-0.2, 0) is 75.8 Å². The Kier molecular flexibility index (Phi) is 31.0. The van der Waals surface area contributed by atoms with Crippen LogP contribution >= 0.6 is 0 Å². The Morgan fingerprint density at radius 2 is 0.764 bits per heavy atom. The monoisotopic (exact) mass is 1730 g/mol. The fourth-order valence-electron chi connectivity index (χ4n) is 19.7. The number of carbonyl (C=O) groups excluding carboxylic acids is 3. The molecule has 10 heterocycles. The van der Waals surface area contributed by atoms with Crippen LogP contribution in [0.15, 0.2) is 136 Å². The second-order valence-electron chi connectivity index (χ2n) is 35.8. The molecule has 0 atom stereocenters. The van der Waals surface area contributed by atoms with Gasteiger partial charge in [0.2, 0.25) is 0 Å². The van der Waals surface area contributed by atoms with Crippen LogP contribution in [-0.4, -0.2) is 201 Å². The van der Waals surface area contributed by atoms with Crippen molar-refractivity contribution in [1.82, 2.24) is 50.6 Å². The average molecular weight is 1730 g/mol. The van der Waals surface area contributed by atoms with E-state index < -0.39 is 0 Å². The second-order valence-corrected chi connectivity index (χ2v) is 35.8. The molecule has 0 radical (unpaired) electrons. The van der Waals surface area contributed by atoms with Crippen molar-refractivity contribution in [3.63, 3.8) is 0 Å². The van der Waals surface area contributed by atoms with Crippen LogP contribution in [0.25, 0.3) is 33.5 Å². The molecule has 674 valence electrons. The molecule has 5 aromatic carbocycles. The van der Waals surface area contributed by atoms with E-state index >= 15 is 9.59 Å². The number of aryl methyl sites for hydroxylation is 6. The molecule has 25 heteroatoms. The topological polar surface area (TPSA) is 290 Å². The summed E-state index contributed by atoms with van der Waals surface area (Å²) in [6.07, 6.45) is 11.0. The number of likely N-dealkylation sites (tertiary alicyclic amines) is 1. The molecule has 127 heavy (non-hydrogen) atoms. The van der Waals surface area contributed by atoms with Crippen molar-refractivity contribution in [1.29, 1.82) is 0 Å². The molecule has 3 amide bonds. The Balaban J connectivity index is 0.695. The number of morpholine rings is 2. The quantitative estimate of drug-likeness (QED) is 0.0201. The third-order valence-corrected chi connectivity index (χ3v) is 27.0. The number of aromatic amines is 3. The number of amides is 3. The predicted octanol–water partition coefficient (Wildman–Crippen LogP) is 12.9. The van der Waals surface area contributed by atoms with Gasteiger partial charge in [0.25, 0.3) is 34.4 Å². The van der Waals surface area contributed by atoms with Gasteiger partial charge in [0, 0.05) is 228 Å². The molecule has 4 aromatic heterocycles. The molecule has 6 aliphatic rings. The minimum absolute atomic E-state index is 0.0108. The first-order valence-electron chi connectivity index (χ1n) is 46.3. The lowest BCUT2D eigenvalue weighted by molar-refractivity contribution is 0.0341. The van der Waals surface area contributed by atoms with Crippen LogP contribution in [0.3, 0.4) is 0 Å². The maximum absolute atomic E-state index is 15.6. The summed E-state index contributed by atoms with van der Waals surface area (Å²) in [5.74, 6) is -0.888. The molecule has 0 unspecified atom stereocenters. The number of benzene rings is 5. The van der Waals surface area contributed by atoms with Gasteiger partial charge in [0.05, 0.1) is 32.1 Å². The zero-order valence-corrected chi connectivity index (χ0v) is 75.7. The van der Waals surface area contributed by atoms with Gasteiger partial charge >= 0.3 is 0 Å². The van der Waals surface area contributed by atoms with E-state index in [0.717, 1.165) is 225 Å². The number of hydrogen-bond acceptors (Lipinski definition) is 19. The highest BCUT2D eigenvalue weighted by Crippen LogP contribution is 2.39. The number of pyridine rings is 4. The summed E-state index contributed by atoms with van der Waals surface area (Å²) in [5, 5.41) is 9.67. The van der Waals surface area contributed by atoms with Gasteiger partial charge in [-0.25, -0.2) is 0 Å². The molecule has 15 rings (SSSR count). The maximum Gasteiger partial charge on any atom is 0.253 e. The van der Waals surface area contributed by atoms with Gasteiger partial charge < -0.3 is 75.0 Å². The molecular weight excluding hydrogens is 1600 g/mol. The first-order chi connectivity index (χ1) is 61.6. The summed E-state index contributed by atoms with van der Waals surface area (Å²) in [6, 6.07) is 40.6. The van der Waals surface area contributed by atoms with Gasteiger partial charge in [0.1, 0.15) is 0 Å². The molecule has 6 saturated heterocycles. The Bertz CT molecular complexity index is 5480. The minimum atomic E-state index is -0.342. The van der Waals surface area contributed by atoms with Crippen molar-refractivity contribution in [2.45, 2.75) is 196 Å². The van der Waals surface area contributed by atoms with Gasteiger partial charge in [-0.05, 0) is 279 Å². The first-order valence-corrected chi connectivity index (χ1v) is 46.3. The third-order valence-electron chi connectivity index (χ3n) is 27.0. The fraction of sp³-hybridized carbons (Fsp3) is 0.480. The molecule has 8 N–H and O–H groups in total. The Hall–Kier alpha value is -10.4. The molecule has 6 aliphatic heterocycles. The average Bonchev–Trinajstić information content (AvgIpc) is 0.787. The molecule has 25 nitrogen and oxygen atoms in total. The zero-order chi connectivity index (χ0) is 88.6. The van der Waals surface area contributed by atoms with Crippen molar-refractivity contribution < 1.29 is 38.1 Å². The SMILES string of the molecule is CCN(c1cc(-c2ccc(CN3CCOCC3)cc2)cc(C(=O)NCc2c(CCCN(c3cc(-c4ccc(CN5CCOCC5)cn4)cc(C(=O)NCc4c(CCCN(c5cc(-c6ccc(CN7CCC(N)CC7)cc6)cc(C(=O)NCc6c(C)cc(C)[nH]c6=O)c5C)C5CCOCC5)cc(C)[nH]c4=O)c3C)C3CCOCC3)cc(C)[nH]c2=O)c1C)C1CCOCC1. The van der Waals surface area contributed by atoms with E-state index in [9.17, 15) is 19.2 Å². The van der Waals surface area contributed by atoms with Gasteiger partial charge in [0.15, 0.2) is 0 Å². The van der Waals surface area contributed by atoms with Crippen molar-refractivity contribution >= 4 is 34.8 Å². The van der Waals surface area contributed by atoms with Crippen LogP contribution in [0.2, 0.25) is 0 Å². The Labute approximate surface area is 747 Å². The summed E-state index contributed by atoms with van der Waals surface area (Å²) in [6.45, 7) is 31.9. The number of aromatic nitrogens is 4. The summed E-state index contributed by atoms with van der Waals surface area (Å²) < 4.78 is 29.2. The highest BCUT2D eigenvalue weighted by Gasteiger charge is 2.32. The number of hydrogen-bond donors (Lipinski definition) is 7. The van der Waals surface area contributed by atoms with Crippen LogP contribution in [0.1, 0.15) is 186 Å². The number of rotatable bonds is 33. The number of carbonyl (C=O) groups is 3. The van der Waals surface area contributed by atoms with Crippen molar-refractivity contribution in [3.8, 4) is 33.5 Å². The van der Waals surface area contributed by atoms with Crippen LogP contribution in [0.4, 0.5) is 17.1 Å². The van der Waals surface area contributed by atoms with E-state index in [4.69, 9.17) is 34.4 Å². The van der Waals surface area contributed by atoms with E-state index in [-0.39, 0.29) is 78.2 Å². The highest BCUT2D eigenvalue weighted by atomic mass is 16.5. The smallest absolute Gasteiger partial charge is 0.253 e. The zero-order valence-electron chi connectivity index (χ0n) is 75.7. The minimum Gasteiger partial charge on any atom is -0.381 e. The number of piperidine rings is 1. The lowest BCUT2D eigenvalue weighted by atomic mass is 9.94. The first kappa shape index (κ1) is 91.3. The summed E-state index contributed by atoms with van der Waals surface area (Å²) in [5.41, 5.74) is 27.2. The molecule has 0 bridgehead atoms. The molecule has 0 saturated carbocycles. The summed E-state index contributed by atoms with van der Waals surface area (Å²) in [7, 11) is 0. The Morgan fingerprint density at radius 3 is 1.17 bits per heavy atom. The van der Waals surface area contributed by atoms with E-state index in [1.54, 1.807) is 0 Å². The molecular formula is C102H130N14O11. The molecule has 6 fully saturated rings. The third kappa shape index (κ3) is 23.0. The van der Waals surface area contributed by atoms with Crippen molar-refractivity contribution in [3.05, 3.63) is 253 Å². The van der Waals surface area contributed by atoms with Crippen molar-refractivity contribution in [2.75, 3.05) is 140 Å². The fourth-order valence-corrected chi connectivity index (χ4v) is 19.7. The molecule has 0 spiro atoms. The second kappa shape index (κ2) is 43.1. The number of H-pyrrole nitrogens is 3. The number of nitrogens with two attached hydrogens (primary N) is 1. The summed E-state index contributed by atoms with van der Waals surface area (Å²) in [4.78, 5) is 117. The lowest BCUT2D eigenvalue weighted by Crippen LogP contribution is -2.41. The van der Waals surface area contributed by atoms with Crippen LogP contribution < -0.4 is 53.1 Å². The Morgan fingerprint density at radius 1 is 0.409 bits per heavy atom. The predicted molar refractivity (Wildman–Crippen MR) is 502 cm³/mol. The van der Waals surface area contributed by atoms with Crippen LogP contribution in [0, 0.1) is 48.5 Å². The van der Waals surface area contributed by atoms with E-state index in [1.807, 2.05) is 97.1 Å². The van der Waals surface area contributed by atoms with Crippen LogP contribution in [0.5, 0.6) is 0 Å². The van der Waals surface area contributed by atoms with Gasteiger partial charge in [-0.2, -0.15) is 0 Å². The maximum atomic E-state index is 15.6. The van der Waals surface area contributed by atoms with E-state index in [0.29, 0.717) is 136 Å². The number of ether oxygens (including phenoxy) is 5. The van der Waals surface area contributed by atoms with Gasteiger partial charge in [-0.1, -0.05) is 54.6 Å². The number of nitrogens with one attached hydrogen (secondary N) is 6.